The van der Waals surface area contributed by atoms with E-state index < -0.39 is 0 Å². The number of hydrogen-bond donors (Lipinski definition) is 0. The Balaban J connectivity index is 1.63. The molecular weight excluding hydrogens is 308 g/mol. The Hall–Kier alpha value is -1.47. The number of aromatic nitrogens is 2. The molecule has 0 unspecified atom stereocenters. The summed E-state index contributed by atoms with van der Waals surface area (Å²) in [6.07, 6.45) is 2.27. The molecule has 24 heavy (non-hydrogen) atoms. The number of hydrogen-bond acceptors (Lipinski definition) is 6. The molecule has 2 fully saturated rings. The van der Waals surface area contributed by atoms with Crippen LogP contribution in [0.15, 0.2) is 4.52 Å². The monoisotopic (exact) mass is 336 g/mol. The number of likely N-dealkylation sites (tertiary alicyclic amines) is 1. The van der Waals surface area contributed by atoms with Crippen LogP contribution < -0.4 is 0 Å². The van der Waals surface area contributed by atoms with Crippen molar-refractivity contribution < 1.29 is 14.1 Å². The van der Waals surface area contributed by atoms with Crippen molar-refractivity contribution in [1.29, 1.82) is 0 Å². The average Bonchev–Trinajstić information content (AvgIpc) is 2.99. The van der Waals surface area contributed by atoms with Crippen molar-refractivity contribution in [3.05, 3.63) is 11.7 Å². The van der Waals surface area contributed by atoms with Crippen LogP contribution in [0, 0.1) is 6.92 Å². The summed E-state index contributed by atoms with van der Waals surface area (Å²) in [5.74, 6) is 1.78. The number of morpholine rings is 1. The highest BCUT2D eigenvalue weighted by Crippen LogP contribution is 2.27. The summed E-state index contributed by atoms with van der Waals surface area (Å²) in [6, 6.07) is -0.130. The molecule has 7 nitrogen and oxygen atoms in total. The Kier molecular flexibility index (Phi) is 5.20. The highest BCUT2D eigenvalue weighted by Gasteiger charge is 2.34. The van der Waals surface area contributed by atoms with Gasteiger partial charge < -0.3 is 14.2 Å². The van der Waals surface area contributed by atoms with Crippen LogP contribution in [0.4, 0.5) is 0 Å². The molecule has 1 aromatic heterocycles. The van der Waals surface area contributed by atoms with Crippen molar-refractivity contribution in [3.63, 3.8) is 0 Å². The number of piperidine rings is 1. The van der Waals surface area contributed by atoms with E-state index in [2.05, 4.69) is 15.0 Å². The predicted molar refractivity (Wildman–Crippen MR) is 88.6 cm³/mol. The second-order valence-corrected chi connectivity index (χ2v) is 7.19. The highest BCUT2D eigenvalue weighted by atomic mass is 16.5. The third kappa shape index (κ3) is 3.78. The average molecular weight is 336 g/mol. The van der Waals surface area contributed by atoms with Crippen molar-refractivity contribution in [1.82, 2.24) is 19.9 Å². The van der Waals surface area contributed by atoms with Crippen molar-refractivity contribution in [2.75, 3.05) is 26.2 Å². The molecule has 0 radical (unpaired) electrons. The second kappa shape index (κ2) is 7.19. The molecule has 0 aliphatic carbocycles. The maximum Gasteiger partial charge on any atom is 0.239 e. The smallest absolute Gasteiger partial charge is 0.239 e. The minimum absolute atomic E-state index is 0.0976. The lowest BCUT2D eigenvalue weighted by Gasteiger charge is -2.40. The molecule has 134 valence electrons. The van der Waals surface area contributed by atoms with E-state index in [0.29, 0.717) is 24.8 Å². The van der Waals surface area contributed by atoms with E-state index in [0.717, 1.165) is 25.9 Å². The number of carbonyl (C=O) groups excluding carboxylic acids is 1. The summed E-state index contributed by atoms with van der Waals surface area (Å²) in [5, 5.41) is 3.89. The van der Waals surface area contributed by atoms with Gasteiger partial charge in [-0.05, 0) is 47.1 Å². The fourth-order valence-electron chi connectivity index (χ4n) is 3.82. The lowest BCUT2D eigenvalue weighted by atomic mass is 9.96. The minimum Gasteiger partial charge on any atom is -0.372 e. The van der Waals surface area contributed by atoms with E-state index in [1.807, 2.05) is 32.6 Å². The van der Waals surface area contributed by atoms with E-state index in [-0.39, 0.29) is 30.1 Å². The van der Waals surface area contributed by atoms with E-state index in [1.165, 1.54) is 0 Å². The van der Waals surface area contributed by atoms with Crippen LogP contribution in [0.5, 0.6) is 0 Å². The van der Waals surface area contributed by atoms with E-state index in [4.69, 9.17) is 9.26 Å². The molecule has 0 spiro atoms. The maximum atomic E-state index is 12.9. The van der Waals surface area contributed by atoms with E-state index >= 15 is 0 Å². The van der Waals surface area contributed by atoms with Crippen LogP contribution in [-0.2, 0) is 9.53 Å². The van der Waals surface area contributed by atoms with Crippen molar-refractivity contribution in [3.8, 4) is 0 Å². The summed E-state index contributed by atoms with van der Waals surface area (Å²) in [6.45, 7) is 11.0. The van der Waals surface area contributed by atoms with Gasteiger partial charge >= 0.3 is 0 Å². The van der Waals surface area contributed by atoms with Gasteiger partial charge in [0.05, 0.1) is 24.2 Å². The predicted octanol–water partition coefficient (Wildman–Crippen LogP) is 1.58. The lowest BCUT2D eigenvalue weighted by molar-refractivity contribution is -0.148. The summed E-state index contributed by atoms with van der Waals surface area (Å²) < 4.78 is 11.1. The van der Waals surface area contributed by atoms with Crippen LogP contribution >= 0.6 is 0 Å². The Morgan fingerprint density at radius 3 is 2.58 bits per heavy atom. The van der Waals surface area contributed by atoms with Crippen LogP contribution in [0.2, 0.25) is 0 Å². The van der Waals surface area contributed by atoms with Crippen molar-refractivity contribution >= 4 is 5.91 Å². The molecule has 3 heterocycles. The Bertz CT molecular complexity index is 566. The van der Waals surface area contributed by atoms with Gasteiger partial charge in [-0.1, -0.05) is 5.16 Å². The number of carbonyl (C=O) groups is 1. The topological polar surface area (TPSA) is 71.7 Å². The van der Waals surface area contributed by atoms with Gasteiger partial charge in [-0.3, -0.25) is 9.69 Å². The van der Waals surface area contributed by atoms with Gasteiger partial charge in [0, 0.05) is 19.6 Å². The number of aryl methyl sites for hydroxylation is 1. The molecule has 0 N–H and O–H groups in total. The molecule has 0 saturated carbocycles. The summed E-state index contributed by atoms with van der Waals surface area (Å²) >= 11 is 0. The molecule has 2 saturated heterocycles. The lowest BCUT2D eigenvalue weighted by Crippen LogP contribution is -2.55. The molecule has 0 aromatic carbocycles. The first-order chi connectivity index (χ1) is 11.4. The largest absolute Gasteiger partial charge is 0.372 e. The number of ether oxygens (including phenoxy) is 1. The third-order valence-electron chi connectivity index (χ3n) is 4.98. The molecule has 1 amide bonds. The number of rotatable bonds is 3. The third-order valence-corrected chi connectivity index (χ3v) is 4.98. The molecule has 1 aromatic rings. The highest BCUT2D eigenvalue weighted by molar-refractivity contribution is 5.81. The normalized spacial score (nSPS) is 30.3. The first-order valence-corrected chi connectivity index (χ1v) is 8.92. The zero-order chi connectivity index (χ0) is 17.3. The van der Waals surface area contributed by atoms with Crippen molar-refractivity contribution in [2.24, 2.45) is 0 Å². The number of amides is 1. The van der Waals surface area contributed by atoms with Gasteiger partial charge in [-0.2, -0.15) is 4.98 Å². The Labute approximate surface area is 143 Å². The van der Waals surface area contributed by atoms with Gasteiger partial charge in [0.15, 0.2) is 5.82 Å². The maximum absolute atomic E-state index is 12.9. The molecule has 0 bridgehead atoms. The first-order valence-electron chi connectivity index (χ1n) is 8.92. The molecular formula is C17H28N4O3. The van der Waals surface area contributed by atoms with Crippen LogP contribution in [0.3, 0.4) is 0 Å². The molecule has 2 aliphatic heterocycles. The zero-order valence-corrected chi connectivity index (χ0v) is 15.1. The summed E-state index contributed by atoms with van der Waals surface area (Å²) in [5.41, 5.74) is 0. The fourth-order valence-corrected chi connectivity index (χ4v) is 3.82. The zero-order valence-electron chi connectivity index (χ0n) is 15.1. The van der Waals surface area contributed by atoms with Gasteiger partial charge in [-0.15, -0.1) is 0 Å². The standard InChI is InChI=1S/C17H28N4O3/c1-11-8-21(9-12(2)23-11)17(22)13(3)20-7-5-6-15(10-20)16-18-14(4)19-24-16/h11-13,15H,5-10H2,1-4H3/t11-,12+,13-,15+/m0/s1. The summed E-state index contributed by atoms with van der Waals surface area (Å²) in [7, 11) is 0. The first kappa shape index (κ1) is 17.4. The number of nitrogens with zero attached hydrogens (tertiary/aromatic N) is 4. The quantitative estimate of drug-likeness (QED) is 0.834. The summed E-state index contributed by atoms with van der Waals surface area (Å²) in [4.78, 5) is 21.5. The minimum atomic E-state index is -0.130. The van der Waals surface area contributed by atoms with Crippen LogP contribution in [0.1, 0.15) is 51.2 Å². The van der Waals surface area contributed by atoms with E-state index in [9.17, 15) is 4.79 Å². The van der Waals surface area contributed by atoms with Gasteiger partial charge in [-0.25, -0.2) is 0 Å². The van der Waals surface area contributed by atoms with Gasteiger partial charge in [0.2, 0.25) is 11.8 Å². The fraction of sp³-hybridized carbons (Fsp3) is 0.824. The van der Waals surface area contributed by atoms with E-state index in [1.54, 1.807) is 0 Å². The SMILES string of the molecule is Cc1noc([C@@H]2CCCN([C@@H](C)C(=O)N3C[C@@H](C)O[C@@H](C)C3)C2)n1. The second-order valence-electron chi connectivity index (χ2n) is 7.19. The molecule has 4 atom stereocenters. The van der Waals surface area contributed by atoms with Gasteiger partial charge in [0.25, 0.3) is 0 Å². The van der Waals surface area contributed by atoms with Gasteiger partial charge in [0.1, 0.15) is 0 Å². The molecule has 2 aliphatic rings. The molecule has 3 rings (SSSR count). The van der Waals surface area contributed by atoms with Crippen LogP contribution in [-0.4, -0.2) is 70.3 Å². The molecule has 7 heteroatoms. The Morgan fingerprint density at radius 1 is 1.25 bits per heavy atom. The van der Waals surface area contributed by atoms with Crippen molar-refractivity contribution in [2.45, 2.75) is 64.7 Å². The Morgan fingerprint density at radius 2 is 1.96 bits per heavy atom. The van der Waals surface area contributed by atoms with Crippen LogP contribution in [0.25, 0.3) is 0 Å².